The van der Waals surface area contributed by atoms with Crippen molar-refractivity contribution in [2.24, 2.45) is 0 Å². The van der Waals surface area contributed by atoms with E-state index < -0.39 is 0 Å². The van der Waals surface area contributed by atoms with Crippen molar-refractivity contribution in [1.82, 2.24) is 4.57 Å². The molecule has 2 heterocycles. The van der Waals surface area contributed by atoms with E-state index in [0.29, 0.717) is 0 Å². The highest BCUT2D eigenvalue weighted by molar-refractivity contribution is 6.16. The Morgan fingerprint density at radius 1 is 0.500 bits per heavy atom. The van der Waals surface area contributed by atoms with E-state index in [4.69, 9.17) is 4.74 Å². The summed E-state index contributed by atoms with van der Waals surface area (Å²) >= 11 is 0. The number of fused-ring (bicyclic) bond motifs is 7. The summed E-state index contributed by atoms with van der Waals surface area (Å²) < 4.78 is 9.13. The average Bonchev–Trinajstić information content (AvgIpc) is 3.23. The molecule has 0 fully saturated rings. The Kier molecular flexibility index (Phi) is 3.42. The van der Waals surface area contributed by atoms with Gasteiger partial charge in [-0.3, -0.25) is 0 Å². The second kappa shape index (κ2) is 6.49. The number of hydrogen-bond donors (Lipinski definition) is 0. The maximum Gasteiger partial charge on any atom is 0.159 e. The lowest BCUT2D eigenvalue weighted by atomic mass is 9.94. The summed E-state index contributed by atoms with van der Waals surface area (Å²) in [4.78, 5) is 0. The number of rotatable bonds is 1. The minimum atomic E-state index is 0.919. The first-order chi connectivity index (χ1) is 16.9. The molecule has 1 aromatic heterocycles. The van der Waals surface area contributed by atoms with E-state index in [1.165, 1.54) is 49.1 Å². The molecular weight excluding hydrogens is 414 g/mol. The Morgan fingerprint density at radius 3 is 2.18 bits per heavy atom. The van der Waals surface area contributed by atoms with E-state index >= 15 is 0 Å². The molecule has 0 unspecified atom stereocenters. The quantitative estimate of drug-likeness (QED) is 0.252. The molecular formula is C32H19NO. The fourth-order valence-corrected chi connectivity index (χ4v) is 5.72. The molecule has 0 aliphatic carbocycles. The van der Waals surface area contributed by atoms with Crippen molar-refractivity contribution in [2.45, 2.75) is 0 Å². The number of para-hydroxylation sites is 1. The van der Waals surface area contributed by atoms with Gasteiger partial charge in [0.2, 0.25) is 0 Å². The molecule has 158 valence electrons. The fraction of sp³-hybridized carbons (Fsp3) is 0. The van der Waals surface area contributed by atoms with Gasteiger partial charge in [-0.2, -0.15) is 0 Å². The van der Waals surface area contributed by atoms with Crippen molar-refractivity contribution < 1.29 is 4.74 Å². The van der Waals surface area contributed by atoms with Crippen molar-refractivity contribution >= 4 is 43.4 Å². The van der Waals surface area contributed by atoms with Gasteiger partial charge < -0.3 is 9.30 Å². The third-order valence-corrected chi connectivity index (χ3v) is 7.17. The highest BCUT2D eigenvalue weighted by atomic mass is 16.5. The molecule has 0 saturated carbocycles. The molecule has 0 radical (unpaired) electrons. The number of aromatic nitrogens is 1. The van der Waals surface area contributed by atoms with Crippen molar-refractivity contribution in [3.63, 3.8) is 0 Å². The molecule has 0 amide bonds. The molecule has 0 atom stereocenters. The SMILES string of the molecule is c1ccc2c(-n3c4ccccc4c4ccc5c(c43)Oc3cccc4cccc-5c34)cccc2c1. The van der Waals surface area contributed by atoms with Crippen LogP contribution in [-0.4, -0.2) is 4.57 Å². The van der Waals surface area contributed by atoms with Gasteiger partial charge in [0.05, 0.1) is 16.7 Å². The van der Waals surface area contributed by atoms with Crippen LogP contribution in [0.15, 0.2) is 115 Å². The summed E-state index contributed by atoms with van der Waals surface area (Å²) in [5.41, 5.74) is 5.83. The lowest BCUT2D eigenvalue weighted by Gasteiger charge is -2.23. The lowest BCUT2D eigenvalue weighted by molar-refractivity contribution is 0.491. The van der Waals surface area contributed by atoms with Crippen molar-refractivity contribution in [3.05, 3.63) is 115 Å². The molecule has 1 aliphatic heterocycles. The van der Waals surface area contributed by atoms with E-state index in [1.54, 1.807) is 0 Å². The van der Waals surface area contributed by atoms with Crippen LogP contribution in [0.4, 0.5) is 0 Å². The van der Waals surface area contributed by atoms with Crippen LogP contribution < -0.4 is 4.74 Å². The van der Waals surface area contributed by atoms with Gasteiger partial charge in [0.15, 0.2) is 5.75 Å². The Labute approximate surface area is 196 Å². The monoisotopic (exact) mass is 433 g/mol. The van der Waals surface area contributed by atoms with Gasteiger partial charge in [-0.15, -0.1) is 0 Å². The summed E-state index contributed by atoms with van der Waals surface area (Å²) in [6.07, 6.45) is 0. The summed E-state index contributed by atoms with van der Waals surface area (Å²) in [6, 6.07) is 41.1. The zero-order valence-corrected chi connectivity index (χ0v) is 18.3. The van der Waals surface area contributed by atoms with E-state index in [-0.39, 0.29) is 0 Å². The summed E-state index contributed by atoms with van der Waals surface area (Å²) in [6.45, 7) is 0. The second-order valence-electron chi connectivity index (χ2n) is 8.95. The third-order valence-electron chi connectivity index (χ3n) is 7.17. The average molecular weight is 434 g/mol. The Bertz CT molecular complexity index is 1930. The Hall–Kier alpha value is -4.56. The predicted molar refractivity (Wildman–Crippen MR) is 141 cm³/mol. The summed E-state index contributed by atoms with van der Waals surface area (Å²) in [5, 5.41) is 7.28. The van der Waals surface area contributed by atoms with Gasteiger partial charge in [-0.05, 0) is 40.6 Å². The van der Waals surface area contributed by atoms with E-state index in [0.717, 1.165) is 22.6 Å². The van der Waals surface area contributed by atoms with E-state index in [9.17, 15) is 0 Å². The van der Waals surface area contributed by atoms with Crippen LogP contribution in [0.2, 0.25) is 0 Å². The molecule has 0 saturated heterocycles. The van der Waals surface area contributed by atoms with E-state index in [1.807, 2.05) is 0 Å². The highest BCUT2D eigenvalue weighted by Crippen LogP contribution is 2.51. The van der Waals surface area contributed by atoms with Crippen molar-refractivity contribution in [2.75, 3.05) is 0 Å². The smallest absolute Gasteiger partial charge is 0.159 e. The van der Waals surface area contributed by atoms with Crippen LogP contribution in [0.3, 0.4) is 0 Å². The number of ether oxygens (including phenoxy) is 1. The van der Waals surface area contributed by atoms with Gasteiger partial charge >= 0.3 is 0 Å². The van der Waals surface area contributed by atoms with Crippen LogP contribution in [0.25, 0.3) is 60.2 Å². The van der Waals surface area contributed by atoms with Crippen molar-refractivity contribution in [3.8, 4) is 28.3 Å². The first-order valence-corrected chi connectivity index (χ1v) is 11.6. The summed E-state index contributed by atoms with van der Waals surface area (Å²) in [5.74, 6) is 1.84. The zero-order valence-electron chi connectivity index (χ0n) is 18.3. The minimum absolute atomic E-state index is 0.919. The van der Waals surface area contributed by atoms with Gasteiger partial charge in [0, 0.05) is 27.1 Å². The predicted octanol–water partition coefficient (Wildman–Crippen LogP) is 8.86. The topological polar surface area (TPSA) is 14.2 Å². The number of benzene rings is 6. The zero-order chi connectivity index (χ0) is 22.2. The molecule has 34 heavy (non-hydrogen) atoms. The number of nitrogens with zero attached hydrogens (tertiary/aromatic N) is 1. The molecule has 0 spiro atoms. The maximum absolute atomic E-state index is 6.75. The third kappa shape index (κ3) is 2.24. The molecule has 8 rings (SSSR count). The fourth-order valence-electron chi connectivity index (χ4n) is 5.72. The van der Waals surface area contributed by atoms with Gasteiger partial charge in [-0.1, -0.05) is 91.0 Å². The van der Waals surface area contributed by atoms with Crippen LogP contribution in [0.1, 0.15) is 0 Å². The van der Waals surface area contributed by atoms with Gasteiger partial charge in [0.25, 0.3) is 0 Å². The molecule has 6 aromatic carbocycles. The Balaban J connectivity index is 1.58. The van der Waals surface area contributed by atoms with E-state index in [2.05, 4.69) is 120 Å². The van der Waals surface area contributed by atoms with Gasteiger partial charge in [0.1, 0.15) is 5.75 Å². The second-order valence-corrected chi connectivity index (χ2v) is 8.95. The molecule has 2 nitrogen and oxygen atoms in total. The minimum Gasteiger partial charge on any atom is -0.454 e. The molecule has 0 N–H and O–H groups in total. The van der Waals surface area contributed by atoms with Gasteiger partial charge in [-0.25, -0.2) is 0 Å². The van der Waals surface area contributed by atoms with Crippen molar-refractivity contribution in [1.29, 1.82) is 0 Å². The Morgan fingerprint density at radius 2 is 1.24 bits per heavy atom. The van der Waals surface area contributed by atoms with Crippen LogP contribution >= 0.6 is 0 Å². The molecule has 2 heteroatoms. The van der Waals surface area contributed by atoms with Crippen LogP contribution in [0.5, 0.6) is 11.5 Å². The standard InChI is InChI=1S/C32H19NO/c1-2-12-22-20(8-1)9-6-16-27(22)33-28-15-4-3-13-23(28)25-18-19-26-24-14-5-10-21-11-7-17-29(30(21)24)34-32(26)31(25)33/h1-19H. The molecule has 7 aromatic rings. The molecule has 0 bridgehead atoms. The number of hydrogen-bond acceptors (Lipinski definition) is 1. The lowest BCUT2D eigenvalue weighted by Crippen LogP contribution is -2.01. The first-order valence-electron chi connectivity index (χ1n) is 11.6. The summed E-state index contributed by atoms with van der Waals surface area (Å²) in [7, 11) is 0. The van der Waals surface area contributed by atoms with Crippen LogP contribution in [0, 0.1) is 0 Å². The highest BCUT2D eigenvalue weighted by Gasteiger charge is 2.26. The molecule has 1 aliphatic rings. The normalized spacial score (nSPS) is 12.4. The van der Waals surface area contributed by atoms with Crippen LogP contribution in [-0.2, 0) is 0 Å². The largest absolute Gasteiger partial charge is 0.454 e. The first kappa shape index (κ1) is 17.9. The maximum atomic E-state index is 6.75.